The molecular weight excluding hydrogens is 666 g/mol. The minimum Gasteiger partial charge on any atom is -0.496 e. The van der Waals surface area contributed by atoms with Crippen molar-refractivity contribution in [3.8, 4) is 5.75 Å². The standard InChI is InChI=1S/C28H29Br2N3O6S/c1-4-6-20-23(27(35)38-5-2)24(18-13-16(29)7-8-21(18)36-3)33-25(34)22(40-28(33)31-20)15-17-14-19(30)26(39-17)32-9-11-37-12-10-32/h7-8,13-15,24H,4-6,9-12H2,1-3H3/b22-15+/t24-/m1/s1. The summed E-state index contributed by atoms with van der Waals surface area (Å²) in [5.41, 5.74) is 1.32. The molecule has 1 atom stereocenters. The molecule has 212 valence electrons. The van der Waals surface area contributed by atoms with Gasteiger partial charge in [0.25, 0.3) is 5.56 Å². The Bertz CT molecular complexity index is 1630. The predicted octanol–water partition coefficient (Wildman–Crippen LogP) is 4.54. The highest BCUT2D eigenvalue weighted by Crippen LogP contribution is 2.38. The number of nitrogens with zero attached hydrogens (tertiary/aromatic N) is 3. The number of esters is 1. The fraction of sp³-hybridized carbons (Fsp3) is 0.393. The van der Waals surface area contributed by atoms with Gasteiger partial charge >= 0.3 is 5.97 Å². The summed E-state index contributed by atoms with van der Waals surface area (Å²) < 4.78 is 26.4. The number of rotatable bonds is 8. The van der Waals surface area contributed by atoms with Crippen LogP contribution in [0.3, 0.4) is 0 Å². The van der Waals surface area contributed by atoms with Gasteiger partial charge in [0.1, 0.15) is 17.6 Å². The second-order valence-corrected chi connectivity index (χ2v) is 12.0. The highest BCUT2D eigenvalue weighted by atomic mass is 79.9. The maximum absolute atomic E-state index is 14.0. The zero-order chi connectivity index (χ0) is 28.4. The van der Waals surface area contributed by atoms with Gasteiger partial charge in [0.05, 0.1) is 47.2 Å². The molecule has 5 rings (SSSR count). The second-order valence-electron chi connectivity index (χ2n) is 9.20. The third-order valence-electron chi connectivity index (χ3n) is 6.64. The number of fused-ring (bicyclic) bond motifs is 1. The van der Waals surface area contributed by atoms with Crippen LogP contribution in [0.4, 0.5) is 5.88 Å². The molecule has 1 fully saturated rings. The number of hydrogen-bond donors (Lipinski definition) is 0. The normalized spacial score (nSPS) is 17.6. The largest absolute Gasteiger partial charge is 0.496 e. The summed E-state index contributed by atoms with van der Waals surface area (Å²) >= 11 is 8.40. The van der Waals surface area contributed by atoms with Crippen LogP contribution in [0, 0.1) is 0 Å². The number of benzene rings is 1. The maximum Gasteiger partial charge on any atom is 0.338 e. The highest BCUT2D eigenvalue weighted by Gasteiger charge is 2.36. The van der Waals surface area contributed by atoms with E-state index in [4.69, 9.17) is 23.6 Å². The Labute approximate surface area is 252 Å². The van der Waals surface area contributed by atoms with Crippen molar-refractivity contribution in [2.24, 2.45) is 4.99 Å². The molecule has 2 aliphatic rings. The number of hydrogen-bond acceptors (Lipinski definition) is 9. The Morgan fingerprint density at radius 2 is 2.00 bits per heavy atom. The average molecular weight is 695 g/mol. The molecular formula is C28H29Br2N3O6S. The Kier molecular flexibility index (Phi) is 8.98. The number of allylic oxidation sites excluding steroid dienone is 1. The summed E-state index contributed by atoms with van der Waals surface area (Å²) in [6, 6.07) is 6.61. The lowest BCUT2D eigenvalue weighted by atomic mass is 9.93. The second kappa shape index (κ2) is 12.5. The zero-order valence-electron chi connectivity index (χ0n) is 22.4. The third kappa shape index (κ3) is 5.59. The van der Waals surface area contributed by atoms with Crippen LogP contribution in [0.25, 0.3) is 6.08 Å². The number of anilines is 1. The van der Waals surface area contributed by atoms with Crippen molar-refractivity contribution in [2.45, 2.75) is 32.7 Å². The van der Waals surface area contributed by atoms with E-state index in [0.29, 0.717) is 63.2 Å². The average Bonchev–Trinajstić information content (AvgIpc) is 3.47. The smallest absolute Gasteiger partial charge is 0.338 e. The van der Waals surface area contributed by atoms with Gasteiger partial charge in [-0.05, 0) is 47.5 Å². The van der Waals surface area contributed by atoms with Crippen LogP contribution >= 0.6 is 43.2 Å². The SMILES string of the molecule is CCCC1=C(C(=O)OCC)[C@@H](c2cc(Br)ccc2OC)n2c(s/c(=C/c3cc(Br)c(N4CCOCC4)o3)c2=O)=N1. The molecule has 2 aliphatic heterocycles. The first-order valence-electron chi connectivity index (χ1n) is 13.0. The number of ether oxygens (including phenoxy) is 3. The van der Waals surface area contributed by atoms with E-state index in [1.807, 2.05) is 31.2 Å². The lowest BCUT2D eigenvalue weighted by Gasteiger charge is -2.27. The topological polar surface area (TPSA) is 95.5 Å². The van der Waals surface area contributed by atoms with Crippen molar-refractivity contribution in [2.75, 3.05) is 44.9 Å². The molecule has 0 saturated carbocycles. The van der Waals surface area contributed by atoms with Crippen LogP contribution < -0.4 is 24.5 Å². The van der Waals surface area contributed by atoms with Gasteiger partial charge in [0.2, 0.25) is 5.88 Å². The number of methoxy groups -OCH3 is 1. The molecule has 0 bridgehead atoms. The molecule has 0 amide bonds. The van der Waals surface area contributed by atoms with Gasteiger partial charge in [-0.3, -0.25) is 9.36 Å². The van der Waals surface area contributed by atoms with Gasteiger partial charge in [-0.1, -0.05) is 40.6 Å². The van der Waals surface area contributed by atoms with E-state index in [-0.39, 0.29) is 12.2 Å². The molecule has 1 saturated heterocycles. The Morgan fingerprint density at radius 1 is 1.23 bits per heavy atom. The van der Waals surface area contributed by atoms with Crippen molar-refractivity contribution < 1.29 is 23.4 Å². The van der Waals surface area contributed by atoms with Crippen LogP contribution in [0.2, 0.25) is 0 Å². The van der Waals surface area contributed by atoms with Crippen molar-refractivity contribution in [1.29, 1.82) is 0 Å². The quantitative estimate of drug-likeness (QED) is 0.320. The van der Waals surface area contributed by atoms with E-state index in [2.05, 4.69) is 36.8 Å². The lowest BCUT2D eigenvalue weighted by Crippen LogP contribution is -2.40. The van der Waals surface area contributed by atoms with Gasteiger partial charge in [-0.15, -0.1) is 0 Å². The molecule has 0 aliphatic carbocycles. The van der Waals surface area contributed by atoms with E-state index in [1.54, 1.807) is 24.7 Å². The van der Waals surface area contributed by atoms with Crippen LogP contribution in [-0.2, 0) is 14.3 Å². The first kappa shape index (κ1) is 28.8. The summed E-state index contributed by atoms with van der Waals surface area (Å²) in [4.78, 5) is 34.9. The Balaban J connectivity index is 1.71. The van der Waals surface area contributed by atoms with Crippen molar-refractivity contribution in [3.63, 3.8) is 0 Å². The molecule has 3 aromatic rings. The molecule has 0 radical (unpaired) electrons. The van der Waals surface area contributed by atoms with Gasteiger partial charge in [-0.2, -0.15) is 0 Å². The van der Waals surface area contributed by atoms with Gasteiger partial charge < -0.3 is 23.5 Å². The highest BCUT2D eigenvalue weighted by molar-refractivity contribution is 9.10. The molecule has 2 aromatic heterocycles. The van der Waals surface area contributed by atoms with E-state index in [9.17, 15) is 9.59 Å². The molecule has 4 heterocycles. The Hall–Kier alpha value is -2.67. The number of carbonyl (C=O) groups is 1. The number of carbonyl (C=O) groups excluding carboxylic acids is 1. The molecule has 12 heteroatoms. The number of halogens is 2. The molecule has 0 spiro atoms. The summed E-state index contributed by atoms with van der Waals surface area (Å²) in [5.74, 6) is 1.29. The van der Waals surface area contributed by atoms with Gasteiger partial charge in [0.15, 0.2) is 4.80 Å². The van der Waals surface area contributed by atoms with Crippen LogP contribution in [0.5, 0.6) is 5.75 Å². The first-order chi connectivity index (χ1) is 19.4. The molecule has 0 N–H and O–H groups in total. The van der Waals surface area contributed by atoms with E-state index >= 15 is 0 Å². The van der Waals surface area contributed by atoms with Crippen molar-refractivity contribution >= 4 is 61.1 Å². The minimum absolute atomic E-state index is 0.202. The fourth-order valence-electron chi connectivity index (χ4n) is 4.89. The summed E-state index contributed by atoms with van der Waals surface area (Å²) in [6.45, 7) is 6.68. The van der Waals surface area contributed by atoms with E-state index in [1.165, 1.54) is 11.3 Å². The molecule has 9 nitrogen and oxygen atoms in total. The third-order valence-corrected chi connectivity index (χ3v) is 8.68. The minimum atomic E-state index is -0.779. The van der Waals surface area contributed by atoms with Crippen LogP contribution in [0.15, 0.2) is 58.7 Å². The summed E-state index contributed by atoms with van der Waals surface area (Å²) in [6.07, 6.45) is 3.05. The van der Waals surface area contributed by atoms with Crippen LogP contribution in [-0.4, -0.2) is 50.6 Å². The fourth-order valence-corrected chi connectivity index (χ4v) is 6.83. The van der Waals surface area contributed by atoms with E-state index < -0.39 is 12.0 Å². The number of aromatic nitrogens is 1. The zero-order valence-corrected chi connectivity index (χ0v) is 26.4. The predicted molar refractivity (Wildman–Crippen MR) is 160 cm³/mol. The lowest BCUT2D eigenvalue weighted by molar-refractivity contribution is -0.139. The van der Waals surface area contributed by atoms with E-state index in [0.717, 1.165) is 28.5 Å². The summed E-state index contributed by atoms with van der Waals surface area (Å²) in [7, 11) is 1.57. The molecule has 1 aromatic carbocycles. The number of furan rings is 1. The van der Waals surface area contributed by atoms with Crippen LogP contribution in [0.1, 0.15) is 44.1 Å². The Morgan fingerprint density at radius 3 is 2.70 bits per heavy atom. The number of thiazole rings is 1. The first-order valence-corrected chi connectivity index (χ1v) is 15.4. The molecule has 40 heavy (non-hydrogen) atoms. The number of morpholine rings is 1. The maximum atomic E-state index is 14.0. The summed E-state index contributed by atoms with van der Waals surface area (Å²) in [5, 5.41) is 0. The molecule has 0 unspecified atom stereocenters. The van der Waals surface area contributed by atoms with Crippen molar-refractivity contribution in [3.05, 3.63) is 75.5 Å². The monoisotopic (exact) mass is 693 g/mol. The van der Waals surface area contributed by atoms with Gasteiger partial charge in [0, 0.05) is 35.3 Å². The van der Waals surface area contributed by atoms with Crippen molar-refractivity contribution in [1.82, 2.24) is 4.57 Å². The van der Waals surface area contributed by atoms with Gasteiger partial charge in [-0.25, -0.2) is 9.79 Å².